The number of benzene rings is 3. The molecular weight excluding hydrogens is 1000 g/mol. The maximum atomic E-state index is 13.4. The van der Waals surface area contributed by atoms with Crippen LogP contribution in [0, 0.1) is 76.4 Å². The zero-order chi connectivity index (χ0) is 55.6. The minimum atomic E-state index is -0.787. The number of esters is 5. The molecule has 0 saturated heterocycles. The summed E-state index contributed by atoms with van der Waals surface area (Å²) in [5.41, 5.74) is 1.17. The summed E-state index contributed by atoms with van der Waals surface area (Å²) >= 11 is 0. The highest BCUT2D eigenvalue weighted by atomic mass is 16.6. The second-order valence-corrected chi connectivity index (χ2v) is 28.1. The van der Waals surface area contributed by atoms with Gasteiger partial charge in [-0.15, -0.1) is 0 Å². The molecule has 15 rings (SSSR count). The first-order valence-corrected chi connectivity index (χ1v) is 31.3. The predicted molar refractivity (Wildman–Crippen MR) is 301 cm³/mol. The van der Waals surface area contributed by atoms with Crippen molar-refractivity contribution in [3.8, 4) is 17.2 Å². The van der Waals surface area contributed by atoms with Gasteiger partial charge in [-0.05, 0) is 266 Å². The molecule has 0 unspecified atom stereocenters. The molecule has 0 amide bonds. The number of Topliss-reactive ketones (excluding diaryl/α,β-unsaturated/α-hetero) is 1. The Morgan fingerprint density at radius 3 is 0.938 bits per heavy atom. The van der Waals surface area contributed by atoms with E-state index < -0.39 is 28.6 Å². The van der Waals surface area contributed by atoms with E-state index in [-0.39, 0.29) is 61.2 Å². The monoisotopic (exact) mass is 1090 g/mol. The number of carbonyl (C=O) groups excluding carboxylic acids is 6. The molecule has 0 aromatic heterocycles. The minimum Gasteiger partial charge on any atom is -0.459 e. The number of ketones is 1. The van der Waals surface area contributed by atoms with Gasteiger partial charge in [0.2, 0.25) is 0 Å². The Labute approximate surface area is 474 Å². The van der Waals surface area contributed by atoms with Crippen molar-refractivity contribution in [3.63, 3.8) is 0 Å². The molecule has 12 saturated carbocycles. The van der Waals surface area contributed by atoms with Crippen LogP contribution in [0.5, 0.6) is 17.2 Å². The van der Waals surface area contributed by atoms with Gasteiger partial charge < -0.3 is 23.7 Å². The van der Waals surface area contributed by atoms with Crippen LogP contribution in [0.25, 0.3) is 0 Å². The molecule has 3 aromatic rings. The maximum absolute atomic E-state index is 13.4. The molecule has 11 heteroatoms. The standard InChI is InChI=1S/C69H86O11/c1-66(51-29-42-26-43(31-51)32-52(66)30-42)41-57(70)8-5-9-61(71)76-58-20-14-48(15-21-58)67(2,49-16-22-59(23-17-49)77-62(72)10-6-12-64(74)79-68(3)53-33-44-27-45(35-53)36-54(68)34-44)50-18-24-60(25-19-50)78-63(73)11-7-13-65(75)80-69(4)55-37-46-28-47(39-55)40-56(69)38-46/h14-25,42-47,51-56H,5-13,26-41H2,1-4H3. The zero-order valence-corrected chi connectivity index (χ0v) is 48.0. The SMILES string of the molecule is CC(c1ccc(OC(=O)CCCC(=O)CC2(C)C3CC4CC(C3)CC2C4)cc1)(c1ccc(OC(=O)CCCC(=O)OC2(C)C3CC4CC(C3)CC2C4)cc1)c1ccc(OC(=O)CCCC(=O)OC2(C)C3CC4CC(C3)CC2C4)cc1. The van der Waals surface area contributed by atoms with Crippen molar-refractivity contribution in [1.29, 1.82) is 0 Å². The van der Waals surface area contributed by atoms with Gasteiger partial charge >= 0.3 is 29.8 Å². The van der Waals surface area contributed by atoms with Crippen molar-refractivity contribution in [2.45, 2.75) is 205 Å². The Balaban J connectivity index is 0.660. The van der Waals surface area contributed by atoms with Gasteiger partial charge in [-0.25, -0.2) is 0 Å². The number of ether oxygens (including phenoxy) is 5. The molecule has 12 fully saturated rings. The topological polar surface area (TPSA) is 149 Å². The van der Waals surface area contributed by atoms with E-state index in [1.165, 1.54) is 44.9 Å². The van der Waals surface area contributed by atoms with E-state index in [0.29, 0.717) is 84.9 Å². The molecular formula is C69H86O11. The molecule has 12 aliphatic rings. The van der Waals surface area contributed by atoms with E-state index >= 15 is 0 Å². The largest absolute Gasteiger partial charge is 0.459 e. The molecule has 0 heterocycles. The van der Waals surface area contributed by atoms with Gasteiger partial charge in [0, 0.05) is 50.4 Å². The van der Waals surface area contributed by atoms with Gasteiger partial charge in [0.25, 0.3) is 0 Å². The molecule has 428 valence electrons. The Bertz CT molecular complexity index is 2420. The van der Waals surface area contributed by atoms with Crippen molar-refractivity contribution < 1.29 is 52.5 Å². The lowest BCUT2D eigenvalue weighted by molar-refractivity contribution is -0.204. The van der Waals surface area contributed by atoms with Crippen molar-refractivity contribution in [2.24, 2.45) is 76.4 Å². The number of rotatable bonds is 22. The van der Waals surface area contributed by atoms with Crippen LogP contribution in [0.4, 0.5) is 0 Å². The second-order valence-electron chi connectivity index (χ2n) is 28.1. The molecule has 12 bridgehead atoms. The Kier molecular flexibility index (Phi) is 15.3. The fourth-order valence-electron chi connectivity index (χ4n) is 19.0. The summed E-state index contributed by atoms with van der Waals surface area (Å²) in [6.45, 7) is 8.73. The summed E-state index contributed by atoms with van der Waals surface area (Å²) < 4.78 is 29.9. The Morgan fingerprint density at radius 2 is 0.637 bits per heavy atom. The third kappa shape index (κ3) is 11.1. The summed E-state index contributed by atoms with van der Waals surface area (Å²) in [6.07, 6.45) is 21.2. The highest BCUT2D eigenvalue weighted by molar-refractivity contribution is 5.80. The van der Waals surface area contributed by atoms with Crippen LogP contribution in [0.2, 0.25) is 0 Å². The zero-order valence-electron chi connectivity index (χ0n) is 48.0. The van der Waals surface area contributed by atoms with Crippen molar-refractivity contribution in [2.75, 3.05) is 0 Å². The molecule has 3 aromatic carbocycles. The summed E-state index contributed by atoms with van der Waals surface area (Å²) in [4.78, 5) is 79.1. The smallest absolute Gasteiger partial charge is 0.311 e. The van der Waals surface area contributed by atoms with E-state index in [0.717, 1.165) is 104 Å². The predicted octanol–water partition coefficient (Wildman–Crippen LogP) is 14.2. The molecule has 0 N–H and O–H groups in total. The normalized spacial score (nSPS) is 35.3. The molecule has 80 heavy (non-hydrogen) atoms. The maximum Gasteiger partial charge on any atom is 0.311 e. The van der Waals surface area contributed by atoms with Crippen LogP contribution < -0.4 is 14.2 Å². The summed E-state index contributed by atoms with van der Waals surface area (Å²) in [5, 5.41) is 0. The van der Waals surface area contributed by atoms with Crippen LogP contribution in [0.3, 0.4) is 0 Å². The minimum absolute atomic E-state index is 0.0859. The van der Waals surface area contributed by atoms with E-state index in [4.69, 9.17) is 23.7 Å². The first-order chi connectivity index (χ1) is 38.4. The van der Waals surface area contributed by atoms with Crippen molar-refractivity contribution in [1.82, 2.24) is 0 Å². The van der Waals surface area contributed by atoms with E-state index in [2.05, 4.69) is 27.7 Å². The van der Waals surface area contributed by atoms with E-state index in [9.17, 15) is 28.8 Å². The Hall–Kier alpha value is -5.32. The third-order valence-electron chi connectivity index (χ3n) is 23.1. The van der Waals surface area contributed by atoms with Crippen LogP contribution >= 0.6 is 0 Å². The van der Waals surface area contributed by atoms with Crippen LogP contribution in [0.15, 0.2) is 72.8 Å². The Morgan fingerprint density at radius 1 is 0.375 bits per heavy atom. The van der Waals surface area contributed by atoms with Crippen LogP contribution in [-0.2, 0) is 43.7 Å². The molecule has 0 aliphatic heterocycles. The number of carbonyl (C=O) groups is 6. The highest BCUT2D eigenvalue weighted by Crippen LogP contribution is 2.64. The first-order valence-electron chi connectivity index (χ1n) is 31.3. The quantitative estimate of drug-likeness (QED) is 0.0538. The fraction of sp³-hybridized carbons (Fsp3) is 0.652. The number of hydrogen-bond donors (Lipinski definition) is 0. The van der Waals surface area contributed by atoms with Crippen LogP contribution in [-0.4, -0.2) is 46.8 Å². The molecule has 0 spiro atoms. The van der Waals surface area contributed by atoms with Crippen molar-refractivity contribution in [3.05, 3.63) is 89.5 Å². The number of hydrogen-bond acceptors (Lipinski definition) is 11. The fourth-order valence-corrected chi connectivity index (χ4v) is 19.0. The second kappa shape index (κ2) is 22.1. The van der Waals surface area contributed by atoms with Gasteiger partial charge in [0.15, 0.2) is 0 Å². The van der Waals surface area contributed by atoms with E-state index in [1.54, 1.807) is 36.4 Å². The summed E-state index contributed by atoms with van der Waals surface area (Å²) in [7, 11) is 0. The van der Waals surface area contributed by atoms with Gasteiger partial charge in [-0.1, -0.05) is 43.3 Å². The van der Waals surface area contributed by atoms with E-state index in [1.807, 2.05) is 36.4 Å². The van der Waals surface area contributed by atoms with Gasteiger partial charge in [-0.3, -0.25) is 28.8 Å². The van der Waals surface area contributed by atoms with Crippen LogP contribution in [0.1, 0.15) is 205 Å². The highest BCUT2D eigenvalue weighted by Gasteiger charge is 2.59. The average Bonchev–Trinajstić information content (AvgIpc) is 3.44. The lowest BCUT2D eigenvalue weighted by Gasteiger charge is -2.60. The summed E-state index contributed by atoms with van der Waals surface area (Å²) in [5.74, 6) is 7.67. The van der Waals surface area contributed by atoms with Gasteiger partial charge in [0.05, 0.1) is 0 Å². The van der Waals surface area contributed by atoms with Gasteiger partial charge in [-0.2, -0.15) is 0 Å². The lowest BCUT2D eigenvalue weighted by atomic mass is 9.45. The molecule has 11 nitrogen and oxygen atoms in total. The lowest BCUT2D eigenvalue weighted by Crippen LogP contribution is -2.57. The first kappa shape index (κ1) is 55.2. The molecule has 0 radical (unpaired) electrons. The van der Waals surface area contributed by atoms with Crippen molar-refractivity contribution >= 4 is 35.6 Å². The third-order valence-corrected chi connectivity index (χ3v) is 23.1. The molecule has 12 aliphatic carbocycles. The average molecular weight is 1090 g/mol. The molecule has 0 atom stereocenters. The summed E-state index contributed by atoms with van der Waals surface area (Å²) in [6, 6.07) is 22.2. The van der Waals surface area contributed by atoms with Gasteiger partial charge in [0.1, 0.15) is 34.2 Å².